The zero-order chi connectivity index (χ0) is 44.2. The molecule has 5 rings (SSSR count). The number of unbranched alkanes of at least 4 members (excludes halogenated alkanes) is 7. The van der Waals surface area contributed by atoms with Gasteiger partial charge >= 0.3 is 18.3 Å². The number of ether oxygens (including phenoxy) is 5. The zero-order valence-corrected chi connectivity index (χ0v) is 38.4. The van der Waals surface area contributed by atoms with Crippen molar-refractivity contribution in [3.05, 3.63) is 59.7 Å². The van der Waals surface area contributed by atoms with E-state index in [1.54, 1.807) is 0 Å². The number of rotatable bonds is 28. The van der Waals surface area contributed by atoms with Crippen molar-refractivity contribution in [2.24, 2.45) is 0 Å². The van der Waals surface area contributed by atoms with Gasteiger partial charge in [0, 0.05) is 63.3 Å². The van der Waals surface area contributed by atoms with E-state index in [0.717, 1.165) is 94.2 Å². The average Bonchev–Trinajstić information content (AvgIpc) is 4.17. The molecule has 2 aromatic rings. The van der Waals surface area contributed by atoms with E-state index < -0.39 is 12.2 Å². The summed E-state index contributed by atoms with van der Waals surface area (Å²) in [5.74, 6) is 1.45. The van der Waals surface area contributed by atoms with Gasteiger partial charge in [0.05, 0.1) is 0 Å². The van der Waals surface area contributed by atoms with Gasteiger partial charge in [-0.15, -0.1) is 0 Å². The fraction of sp³-hybridized carbons (Fsp3) is 0.694. The number of benzene rings is 2. The van der Waals surface area contributed by atoms with E-state index in [9.17, 15) is 14.4 Å². The smallest absolute Gasteiger partial charge is 0.407 e. The van der Waals surface area contributed by atoms with Crippen LogP contribution in [0.4, 0.5) is 14.4 Å². The van der Waals surface area contributed by atoms with Gasteiger partial charge < -0.3 is 39.6 Å². The van der Waals surface area contributed by atoms with E-state index in [4.69, 9.17) is 23.7 Å². The van der Waals surface area contributed by atoms with Crippen molar-refractivity contribution in [2.45, 2.75) is 160 Å². The van der Waals surface area contributed by atoms with Crippen LogP contribution in [-0.4, -0.2) is 118 Å². The maximum absolute atomic E-state index is 12.8. The maximum Gasteiger partial charge on any atom is 0.407 e. The number of hydrogen-bond acceptors (Lipinski definition) is 10. The Kier molecular flexibility index (Phi) is 20.3. The molecule has 2 saturated heterocycles. The Balaban J connectivity index is 1.00. The fourth-order valence-corrected chi connectivity index (χ4v) is 8.01. The summed E-state index contributed by atoms with van der Waals surface area (Å²) in [4.78, 5) is 41.9. The highest BCUT2D eigenvalue weighted by molar-refractivity contribution is 5.68. The van der Waals surface area contributed by atoms with Crippen LogP contribution in [0.1, 0.15) is 136 Å². The van der Waals surface area contributed by atoms with Gasteiger partial charge in [-0.2, -0.15) is 0 Å². The number of hydrogen-bond donors (Lipinski definition) is 3. The number of amides is 3. The van der Waals surface area contributed by atoms with Crippen LogP contribution in [0.5, 0.6) is 11.5 Å². The molecule has 3 N–H and O–H groups in total. The van der Waals surface area contributed by atoms with Crippen molar-refractivity contribution in [3.63, 3.8) is 0 Å². The SMILES string of the molecule is CCCCCCCNC(=O)OC(COc1ccc(C(C)(C)c2ccc(OCC(CN3CC3C)OC(=O)NCCCCCCNC(=O)OC3CCCCC3)cc2)cc1)CN1CC1C. The molecule has 2 aliphatic heterocycles. The van der Waals surface area contributed by atoms with Gasteiger partial charge in [-0.05, 0) is 94.2 Å². The molecule has 1 saturated carbocycles. The summed E-state index contributed by atoms with van der Waals surface area (Å²) < 4.78 is 29.5. The van der Waals surface area contributed by atoms with E-state index in [1.165, 1.54) is 25.7 Å². The third kappa shape index (κ3) is 17.9. The molecule has 62 heavy (non-hydrogen) atoms. The van der Waals surface area contributed by atoms with Gasteiger partial charge in [0.25, 0.3) is 0 Å². The first kappa shape index (κ1) is 48.8. The highest BCUT2D eigenvalue weighted by Gasteiger charge is 2.34. The fourth-order valence-electron chi connectivity index (χ4n) is 8.01. The van der Waals surface area contributed by atoms with Crippen LogP contribution in [0.15, 0.2) is 48.5 Å². The van der Waals surface area contributed by atoms with Gasteiger partial charge in [-0.25, -0.2) is 14.4 Å². The Labute approximate surface area is 371 Å². The first-order chi connectivity index (χ1) is 30.0. The summed E-state index contributed by atoms with van der Waals surface area (Å²) in [6.07, 6.45) is 12.9. The minimum absolute atomic E-state index is 0.0673. The highest BCUT2D eigenvalue weighted by atomic mass is 16.6. The number of carbonyl (C=O) groups is 3. The van der Waals surface area contributed by atoms with Gasteiger partial charge in [-0.1, -0.05) is 90.0 Å². The van der Waals surface area contributed by atoms with Crippen LogP contribution in [0, 0.1) is 0 Å². The molecular formula is C49H77N5O8. The van der Waals surface area contributed by atoms with Crippen molar-refractivity contribution in [3.8, 4) is 11.5 Å². The van der Waals surface area contributed by atoms with Crippen molar-refractivity contribution in [2.75, 3.05) is 59.0 Å². The predicted octanol–water partition coefficient (Wildman–Crippen LogP) is 8.96. The van der Waals surface area contributed by atoms with Crippen molar-refractivity contribution in [1.82, 2.24) is 25.8 Å². The molecule has 13 heteroatoms. The Morgan fingerprint density at radius 2 is 1.02 bits per heavy atom. The lowest BCUT2D eigenvalue weighted by atomic mass is 9.78. The largest absolute Gasteiger partial charge is 0.490 e. The van der Waals surface area contributed by atoms with E-state index in [0.29, 0.717) is 50.6 Å². The van der Waals surface area contributed by atoms with Crippen LogP contribution in [-0.2, 0) is 19.6 Å². The predicted molar refractivity (Wildman–Crippen MR) is 243 cm³/mol. The van der Waals surface area contributed by atoms with Crippen LogP contribution < -0.4 is 25.4 Å². The second-order valence-corrected chi connectivity index (χ2v) is 18.2. The molecule has 3 aliphatic rings. The molecule has 6 atom stereocenters. The Morgan fingerprint density at radius 3 is 1.42 bits per heavy atom. The normalized spacial score (nSPS) is 20.6. The van der Waals surface area contributed by atoms with Crippen LogP contribution in [0.3, 0.4) is 0 Å². The minimum atomic E-state index is -0.431. The number of nitrogens with zero attached hydrogens (tertiary/aromatic N) is 2. The molecule has 3 fully saturated rings. The van der Waals surface area contributed by atoms with E-state index in [2.05, 4.69) is 84.6 Å². The van der Waals surface area contributed by atoms with E-state index in [1.807, 2.05) is 24.3 Å². The van der Waals surface area contributed by atoms with Crippen LogP contribution >= 0.6 is 0 Å². The third-order valence-electron chi connectivity index (χ3n) is 12.4. The topological polar surface area (TPSA) is 139 Å². The Hall–Kier alpha value is -4.23. The second kappa shape index (κ2) is 25.8. The highest BCUT2D eigenvalue weighted by Crippen LogP contribution is 2.34. The summed E-state index contributed by atoms with van der Waals surface area (Å²) >= 11 is 0. The Morgan fingerprint density at radius 1 is 0.613 bits per heavy atom. The van der Waals surface area contributed by atoms with Gasteiger partial charge in [0.1, 0.15) is 30.8 Å². The molecule has 2 heterocycles. The average molecular weight is 864 g/mol. The number of nitrogens with one attached hydrogen (secondary N) is 3. The van der Waals surface area contributed by atoms with Gasteiger partial charge in [-0.3, -0.25) is 9.80 Å². The monoisotopic (exact) mass is 864 g/mol. The summed E-state index contributed by atoms with van der Waals surface area (Å²) in [6, 6.07) is 17.2. The lowest BCUT2D eigenvalue weighted by Gasteiger charge is -2.27. The van der Waals surface area contributed by atoms with Crippen LogP contribution in [0.2, 0.25) is 0 Å². The molecular weight excluding hydrogens is 787 g/mol. The van der Waals surface area contributed by atoms with E-state index in [-0.39, 0.29) is 43.0 Å². The summed E-state index contributed by atoms with van der Waals surface area (Å²) in [5.41, 5.74) is 1.98. The maximum atomic E-state index is 12.8. The van der Waals surface area contributed by atoms with E-state index >= 15 is 0 Å². The number of alkyl carbamates (subject to hydrolysis) is 3. The molecule has 0 bridgehead atoms. The lowest BCUT2D eigenvalue weighted by Crippen LogP contribution is -2.36. The minimum Gasteiger partial charge on any atom is -0.490 e. The lowest BCUT2D eigenvalue weighted by molar-refractivity contribution is 0.0555. The summed E-state index contributed by atoms with van der Waals surface area (Å²) in [6.45, 7) is 16.5. The molecule has 0 aromatic heterocycles. The first-order valence-corrected chi connectivity index (χ1v) is 23.8. The van der Waals surface area contributed by atoms with Crippen molar-refractivity contribution in [1.29, 1.82) is 0 Å². The third-order valence-corrected chi connectivity index (χ3v) is 12.4. The molecule has 0 spiro atoms. The molecule has 0 radical (unpaired) electrons. The quantitative estimate of drug-likeness (QED) is 0.0432. The van der Waals surface area contributed by atoms with Crippen molar-refractivity contribution >= 4 is 18.3 Å². The molecule has 13 nitrogen and oxygen atoms in total. The molecule has 2 aromatic carbocycles. The van der Waals surface area contributed by atoms with Gasteiger partial charge in [0.15, 0.2) is 12.2 Å². The van der Waals surface area contributed by atoms with Crippen molar-refractivity contribution < 1.29 is 38.1 Å². The summed E-state index contributed by atoms with van der Waals surface area (Å²) in [5, 5.41) is 8.68. The molecule has 3 amide bonds. The number of carbonyl (C=O) groups excluding carboxylic acids is 3. The van der Waals surface area contributed by atoms with Gasteiger partial charge in [0.2, 0.25) is 0 Å². The second-order valence-electron chi connectivity index (χ2n) is 18.2. The summed E-state index contributed by atoms with van der Waals surface area (Å²) in [7, 11) is 0. The van der Waals surface area contributed by atoms with Crippen LogP contribution in [0.25, 0.3) is 0 Å². The standard InChI is InChI=1S/C49H77N5O8/c1-6-7-8-9-15-28-51-47(56)61-44(33-53-31-37(53)2)35-58-41-24-20-39(21-25-41)49(4,5)40-22-26-42(27-23-40)59-36-45(34-54-32-38(54)3)62-48(57)52-30-17-11-10-16-29-50-46(55)60-43-18-13-12-14-19-43/h20-27,37-38,43-45H,6-19,28-36H2,1-5H3,(H,50,55)(H,51,56)(H,52,57). The first-order valence-electron chi connectivity index (χ1n) is 23.8. The molecule has 346 valence electrons. The molecule has 1 aliphatic carbocycles. The molecule has 6 unspecified atom stereocenters. The zero-order valence-electron chi connectivity index (χ0n) is 38.4. The Bertz CT molecular complexity index is 1620.